The molecule has 0 radical (unpaired) electrons. The van der Waals surface area contributed by atoms with Crippen LogP contribution in [-0.4, -0.2) is 29.2 Å². The van der Waals surface area contributed by atoms with Crippen LogP contribution in [0.1, 0.15) is 5.56 Å². The topological polar surface area (TPSA) is 66.5 Å². The van der Waals surface area contributed by atoms with E-state index in [9.17, 15) is 26.4 Å². The van der Waals surface area contributed by atoms with Gasteiger partial charge < -0.3 is 0 Å². The predicted octanol–water partition coefficient (Wildman–Crippen LogP) is 4.39. The van der Waals surface area contributed by atoms with Crippen molar-refractivity contribution >= 4 is 62.1 Å². The number of rotatable bonds is 5. The van der Waals surface area contributed by atoms with Gasteiger partial charge in [-0.3, -0.25) is 4.79 Å². The molecule has 3 rings (SSSR count). The average Bonchev–Trinajstić information content (AvgIpc) is 2.90. The van der Waals surface area contributed by atoms with Crippen LogP contribution in [0.3, 0.4) is 0 Å². The third-order valence-electron chi connectivity index (χ3n) is 3.47. The van der Waals surface area contributed by atoms with Gasteiger partial charge in [-0.05, 0) is 47.7 Å². The average molecular weight is 477 g/mol. The molecular formula is C17H11F3N2O3S4. The van der Waals surface area contributed by atoms with E-state index >= 15 is 0 Å². The van der Waals surface area contributed by atoms with Crippen molar-refractivity contribution < 1.29 is 26.4 Å². The molecule has 1 aliphatic heterocycles. The third kappa shape index (κ3) is 5.60. The molecule has 1 N–H and O–H groups in total. The number of hydrogen-bond donors (Lipinski definition) is 1. The summed E-state index contributed by atoms with van der Waals surface area (Å²) < 4.78 is 62.0. The monoisotopic (exact) mass is 476 g/mol. The molecule has 0 aliphatic carbocycles. The molecule has 12 heteroatoms. The maximum absolute atomic E-state index is 12.6. The molecule has 1 heterocycles. The number of carbonyl (C=O) groups is 1. The molecule has 1 saturated heterocycles. The number of nitrogens with zero attached hydrogens (tertiary/aromatic N) is 1. The lowest BCUT2D eigenvalue weighted by Crippen LogP contribution is -2.44. The second-order valence-corrected chi connectivity index (χ2v) is 10.0. The summed E-state index contributed by atoms with van der Waals surface area (Å²) in [5.41, 5.74) is -3.91. The van der Waals surface area contributed by atoms with Crippen LogP contribution in [0.5, 0.6) is 0 Å². The standard InChI is InChI=1S/C17H11F3N2O3S4/c18-17(19,20)28-12-8-6-11(7-9-12)10-14-15(23)22(16(26)27-14)21-29(24,25)13-4-2-1-3-5-13/h1-10,21H/b14-10+. The van der Waals surface area contributed by atoms with Gasteiger partial charge in [0, 0.05) is 4.90 Å². The van der Waals surface area contributed by atoms with Gasteiger partial charge in [0.05, 0.1) is 9.80 Å². The van der Waals surface area contributed by atoms with Gasteiger partial charge in [-0.2, -0.15) is 13.2 Å². The summed E-state index contributed by atoms with van der Waals surface area (Å²) in [4.78, 5) is 14.8. The molecule has 29 heavy (non-hydrogen) atoms. The quantitative estimate of drug-likeness (QED) is 0.392. The summed E-state index contributed by atoms with van der Waals surface area (Å²) in [5.74, 6) is -0.673. The molecule has 0 aromatic heterocycles. The van der Waals surface area contributed by atoms with Crippen LogP contribution in [0.2, 0.25) is 0 Å². The molecule has 2 aromatic carbocycles. The Morgan fingerprint density at radius 1 is 1.07 bits per heavy atom. The molecule has 5 nitrogen and oxygen atoms in total. The Labute approximate surface area is 178 Å². The zero-order chi connectivity index (χ0) is 21.2. The number of nitrogens with one attached hydrogen (secondary N) is 1. The highest BCUT2D eigenvalue weighted by atomic mass is 32.2. The van der Waals surface area contributed by atoms with E-state index in [1.807, 2.05) is 0 Å². The van der Waals surface area contributed by atoms with Crippen LogP contribution in [0.4, 0.5) is 13.2 Å². The van der Waals surface area contributed by atoms with Gasteiger partial charge >= 0.3 is 5.51 Å². The van der Waals surface area contributed by atoms with Crippen LogP contribution >= 0.6 is 35.7 Å². The number of hydrazine groups is 1. The molecule has 152 valence electrons. The van der Waals surface area contributed by atoms with E-state index in [1.54, 1.807) is 18.2 Å². The minimum absolute atomic E-state index is 0.00926. The van der Waals surface area contributed by atoms with Gasteiger partial charge in [0.2, 0.25) is 0 Å². The number of alkyl halides is 3. The third-order valence-corrected chi connectivity index (χ3v) is 6.83. The van der Waals surface area contributed by atoms with Crippen LogP contribution in [0.15, 0.2) is 69.3 Å². The molecular weight excluding hydrogens is 465 g/mol. The van der Waals surface area contributed by atoms with Gasteiger partial charge in [-0.15, -0.1) is 4.83 Å². The fourth-order valence-electron chi connectivity index (χ4n) is 2.24. The van der Waals surface area contributed by atoms with E-state index in [1.165, 1.54) is 42.5 Å². The highest BCUT2D eigenvalue weighted by Gasteiger charge is 2.35. The molecule has 0 saturated carbocycles. The van der Waals surface area contributed by atoms with Crippen molar-refractivity contribution in [3.05, 3.63) is 65.1 Å². The van der Waals surface area contributed by atoms with Gasteiger partial charge in [0.25, 0.3) is 15.9 Å². The number of sulfonamides is 1. The number of carbonyl (C=O) groups excluding carboxylic acids is 1. The Bertz CT molecular complexity index is 1070. The number of halogens is 3. The molecule has 2 aromatic rings. The molecule has 1 amide bonds. The van der Waals surface area contributed by atoms with Crippen LogP contribution in [0.25, 0.3) is 6.08 Å². The SMILES string of the molecule is O=C1/C(=C\c2ccc(SC(F)(F)F)cc2)SC(=S)N1NS(=O)(=O)c1ccccc1. The van der Waals surface area contributed by atoms with Crippen LogP contribution in [-0.2, 0) is 14.8 Å². The zero-order valence-corrected chi connectivity index (χ0v) is 17.5. The molecule has 0 spiro atoms. The van der Waals surface area contributed by atoms with Crippen molar-refractivity contribution in [3.8, 4) is 0 Å². The minimum Gasteiger partial charge on any atom is -0.267 e. The number of amides is 1. The van der Waals surface area contributed by atoms with Crippen molar-refractivity contribution in [1.82, 2.24) is 9.84 Å². The van der Waals surface area contributed by atoms with E-state index in [0.29, 0.717) is 5.56 Å². The molecule has 0 atom stereocenters. The lowest BCUT2D eigenvalue weighted by molar-refractivity contribution is -0.123. The minimum atomic E-state index is -4.39. The van der Waals surface area contributed by atoms with Crippen molar-refractivity contribution in [2.75, 3.05) is 0 Å². The molecule has 0 bridgehead atoms. The summed E-state index contributed by atoms with van der Waals surface area (Å²) in [6.07, 6.45) is 1.43. The van der Waals surface area contributed by atoms with Crippen molar-refractivity contribution in [1.29, 1.82) is 0 Å². The first kappa shape index (κ1) is 21.8. The Morgan fingerprint density at radius 2 is 1.69 bits per heavy atom. The zero-order valence-electron chi connectivity index (χ0n) is 14.2. The van der Waals surface area contributed by atoms with Crippen molar-refractivity contribution in [3.63, 3.8) is 0 Å². The Balaban J connectivity index is 1.76. The summed E-state index contributed by atoms with van der Waals surface area (Å²) in [6.45, 7) is 0. The van der Waals surface area contributed by atoms with Crippen molar-refractivity contribution in [2.24, 2.45) is 0 Å². The maximum atomic E-state index is 12.6. The highest BCUT2D eigenvalue weighted by Crippen LogP contribution is 2.37. The summed E-state index contributed by atoms with van der Waals surface area (Å²) in [5, 5.41) is 0.752. The van der Waals surface area contributed by atoms with E-state index in [0.717, 1.165) is 16.8 Å². The lowest BCUT2D eigenvalue weighted by Gasteiger charge is -2.15. The Kier molecular flexibility index (Phi) is 6.39. The molecule has 0 unspecified atom stereocenters. The summed E-state index contributed by atoms with van der Waals surface area (Å²) in [7, 11) is -4.01. The molecule has 1 fully saturated rings. The molecule has 1 aliphatic rings. The first-order valence-corrected chi connectivity index (χ1v) is 11.3. The van der Waals surface area contributed by atoms with E-state index in [2.05, 4.69) is 4.83 Å². The fraction of sp³-hybridized carbons (Fsp3) is 0.0588. The number of thioether (sulfide) groups is 2. The number of benzene rings is 2. The van der Waals surface area contributed by atoms with E-state index in [-0.39, 0.29) is 30.8 Å². The Morgan fingerprint density at radius 3 is 2.28 bits per heavy atom. The Hall–Kier alpha value is -1.86. The van der Waals surface area contributed by atoms with Gasteiger partial charge in [-0.25, -0.2) is 13.4 Å². The predicted molar refractivity (Wildman–Crippen MR) is 110 cm³/mol. The van der Waals surface area contributed by atoms with E-state index < -0.39 is 21.4 Å². The fourth-order valence-corrected chi connectivity index (χ4v) is 5.11. The highest BCUT2D eigenvalue weighted by molar-refractivity contribution is 8.26. The maximum Gasteiger partial charge on any atom is 0.446 e. The van der Waals surface area contributed by atoms with Crippen LogP contribution in [0, 0.1) is 0 Å². The van der Waals surface area contributed by atoms with Gasteiger partial charge in [-0.1, -0.05) is 54.3 Å². The first-order valence-electron chi connectivity index (χ1n) is 7.76. The summed E-state index contributed by atoms with van der Waals surface area (Å²) in [6, 6.07) is 12.9. The second kappa shape index (κ2) is 8.48. The number of thiocarbonyl (C=S) groups is 1. The largest absolute Gasteiger partial charge is 0.446 e. The van der Waals surface area contributed by atoms with Crippen LogP contribution < -0.4 is 4.83 Å². The second-order valence-electron chi connectivity index (χ2n) is 5.54. The summed E-state index contributed by atoms with van der Waals surface area (Å²) >= 11 is 5.72. The van der Waals surface area contributed by atoms with Crippen molar-refractivity contribution in [2.45, 2.75) is 15.3 Å². The number of hydrogen-bond acceptors (Lipinski definition) is 6. The first-order chi connectivity index (χ1) is 13.5. The normalized spacial score (nSPS) is 16.7. The smallest absolute Gasteiger partial charge is 0.267 e. The van der Waals surface area contributed by atoms with Gasteiger partial charge in [0.1, 0.15) is 0 Å². The van der Waals surface area contributed by atoms with Gasteiger partial charge in [0.15, 0.2) is 4.32 Å². The lowest BCUT2D eigenvalue weighted by atomic mass is 10.2. The van der Waals surface area contributed by atoms with E-state index in [4.69, 9.17) is 12.2 Å².